The largest absolute Gasteiger partial charge is 0.368 e. The third kappa shape index (κ3) is 2.62. The standard InChI is InChI=1S/C11H17N5/c1-10(5-9-16-8-3-6-13-16)14-11-4-7-12-15(11)2/h3-4,6-8,10,14H,5,9H2,1-2H3. The fourth-order valence-electron chi connectivity index (χ4n) is 1.60. The Hall–Kier alpha value is -1.78. The quantitative estimate of drug-likeness (QED) is 0.829. The summed E-state index contributed by atoms with van der Waals surface area (Å²) in [7, 11) is 1.93. The fraction of sp³-hybridized carbons (Fsp3) is 0.455. The summed E-state index contributed by atoms with van der Waals surface area (Å²) in [6.45, 7) is 3.09. The molecule has 0 saturated heterocycles. The number of anilines is 1. The molecule has 0 aromatic carbocycles. The van der Waals surface area contributed by atoms with Crippen molar-refractivity contribution in [3.8, 4) is 0 Å². The van der Waals surface area contributed by atoms with Crippen molar-refractivity contribution >= 4 is 5.82 Å². The van der Waals surface area contributed by atoms with Crippen LogP contribution in [-0.4, -0.2) is 25.6 Å². The molecule has 0 saturated carbocycles. The molecule has 0 bridgehead atoms. The lowest BCUT2D eigenvalue weighted by molar-refractivity contribution is 0.543. The van der Waals surface area contributed by atoms with Gasteiger partial charge in [0, 0.05) is 38.1 Å². The second-order valence-corrected chi connectivity index (χ2v) is 3.94. The summed E-state index contributed by atoms with van der Waals surface area (Å²) in [5.74, 6) is 1.05. The Bertz CT molecular complexity index is 417. The van der Waals surface area contributed by atoms with E-state index in [9.17, 15) is 0 Å². The second-order valence-electron chi connectivity index (χ2n) is 3.94. The monoisotopic (exact) mass is 219 g/mol. The van der Waals surface area contributed by atoms with Gasteiger partial charge in [0.05, 0.1) is 6.20 Å². The number of nitrogens with one attached hydrogen (secondary N) is 1. The molecule has 5 heteroatoms. The molecular formula is C11H17N5. The first-order chi connectivity index (χ1) is 7.75. The first kappa shape index (κ1) is 10.7. The van der Waals surface area contributed by atoms with Crippen molar-refractivity contribution in [2.45, 2.75) is 25.9 Å². The van der Waals surface area contributed by atoms with Gasteiger partial charge in [-0.15, -0.1) is 0 Å². The lowest BCUT2D eigenvalue weighted by Gasteiger charge is -2.14. The van der Waals surface area contributed by atoms with E-state index in [4.69, 9.17) is 0 Å². The van der Waals surface area contributed by atoms with E-state index in [1.165, 1.54) is 0 Å². The minimum Gasteiger partial charge on any atom is -0.368 e. The van der Waals surface area contributed by atoms with Gasteiger partial charge >= 0.3 is 0 Å². The molecule has 2 aromatic rings. The van der Waals surface area contributed by atoms with Crippen LogP contribution >= 0.6 is 0 Å². The molecule has 0 amide bonds. The Morgan fingerprint density at radius 3 is 2.88 bits per heavy atom. The molecule has 2 heterocycles. The van der Waals surface area contributed by atoms with E-state index < -0.39 is 0 Å². The van der Waals surface area contributed by atoms with E-state index in [1.807, 2.05) is 34.7 Å². The van der Waals surface area contributed by atoms with Crippen LogP contribution in [0, 0.1) is 0 Å². The molecule has 86 valence electrons. The van der Waals surface area contributed by atoms with Crippen molar-refractivity contribution in [1.29, 1.82) is 0 Å². The third-order valence-corrected chi connectivity index (χ3v) is 2.57. The maximum absolute atomic E-state index is 4.17. The van der Waals surface area contributed by atoms with E-state index in [1.54, 1.807) is 12.4 Å². The number of aryl methyl sites for hydroxylation is 2. The number of hydrogen-bond donors (Lipinski definition) is 1. The predicted octanol–water partition coefficient (Wildman–Crippen LogP) is 1.51. The van der Waals surface area contributed by atoms with Gasteiger partial charge < -0.3 is 5.32 Å². The average molecular weight is 219 g/mol. The average Bonchev–Trinajstić information content (AvgIpc) is 2.88. The molecule has 0 radical (unpaired) electrons. The van der Waals surface area contributed by atoms with Crippen LogP contribution in [0.1, 0.15) is 13.3 Å². The van der Waals surface area contributed by atoms with E-state index in [0.717, 1.165) is 18.8 Å². The minimum atomic E-state index is 0.402. The molecule has 5 nitrogen and oxygen atoms in total. The zero-order chi connectivity index (χ0) is 11.4. The zero-order valence-corrected chi connectivity index (χ0v) is 9.67. The summed E-state index contributed by atoms with van der Waals surface area (Å²) < 4.78 is 3.78. The van der Waals surface area contributed by atoms with Gasteiger partial charge in [-0.05, 0) is 19.4 Å². The van der Waals surface area contributed by atoms with E-state index in [0.29, 0.717) is 6.04 Å². The van der Waals surface area contributed by atoms with Gasteiger partial charge in [-0.25, -0.2) is 0 Å². The number of rotatable bonds is 5. The summed E-state index contributed by atoms with van der Waals surface area (Å²) >= 11 is 0. The van der Waals surface area contributed by atoms with Gasteiger partial charge in [-0.1, -0.05) is 0 Å². The Morgan fingerprint density at radius 2 is 2.25 bits per heavy atom. The number of nitrogens with zero attached hydrogens (tertiary/aromatic N) is 4. The molecule has 0 fully saturated rings. The molecule has 2 rings (SSSR count). The van der Waals surface area contributed by atoms with Crippen LogP contribution in [-0.2, 0) is 13.6 Å². The van der Waals surface area contributed by atoms with Crippen molar-refractivity contribution in [3.05, 3.63) is 30.7 Å². The highest BCUT2D eigenvalue weighted by Gasteiger charge is 2.04. The summed E-state index contributed by atoms with van der Waals surface area (Å²) in [5.41, 5.74) is 0. The minimum absolute atomic E-state index is 0.402. The summed E-state index contributed by atoms with van der Waals surface area (Å²) in [6, 6.07) is 4.32. The molecule has 0 aliphatic heterocycles. The predicted molar refractivity (Wildman–Crippen MR) is 63.1 cm³/mol. The van der Waals surface area contributed by atoms with Crippen LogP contribution < -0.4 is 5.32 Å². The molecule has 1 atom stereocenters. The van der Waals surface area contributed by atoms with E-state index >= 15 is 0 Å². The van der Waals surface area contributed by atoms with Crippen LogP contribution in [0.15, 0.2) is 30.7 Å². The maximum Gasteiger partial charge on any atom is 0.124 e. The van der Waals surface area contributed by atoms with Crippen molar-refractivity contribution in [2.24, 2.45) is 7.05 Å². The normalized spacial score (nSPS) is 12.6. The molecule has 0 aliphatic rings. The molecule has 1 unspecified atom stereocenters. The first-order valence-electron chi connectivity index (χ1n) is 5.47. The topological polar surface area (TPSA) is 47.7 Å². The molecule has 2 aromatic heterocycles. The van der Waals surface area contributed by atoms with Crippen LogP contribution in [0.2, 0.25) is 0 Å². The highest BCUT2D eigenvalue weighted by atomic mass is 15.3. The number of hydrogen-bond acceptors (Lipinski definition) is 3. The van der Waals surface area contributed by atoms with Crippen LogP contribution in [0.3, 0.4) is 0 Å². The van der Waals surface area contributed by atoms with Gasteiger partial charge in [0.25, 0.3) is 0 Å². The lowest BCUT2D eigenvalue weighted by atomic mass is 10.2. The molecule has 16 heavy (non-hydrogen) atoms. The molecule has 1 N–H and O–H groups in total. The van der Waals surface area contributed by atoms with Crippen LogP contribution in [0.4, 0.5) is 5.82 Å². The van der Waals surface area contributed by atoms with E-state index in [2.05, 4.69) is 22.4 Å². The Balaban J connectivity index is 1.81. The van der Waals surface area contributed by atoms with Gasteiger partial charge in [0.2, 0.25) is 0 Å². The first-order valence-corrected chi connectivity index (χ1v) is 5.47. The summed E-state index contributed by atoms with van der Waals surface area (Å²) in [4.78, 5) is 0. The fourth-order valence-corrected chi connectivity index (χ4v) is 1.60. The van der Waals surface area contributed by atoms with Gasteiger partial charge in [0.1, 0.15) is 5.82 Å². The maximum atomic E-state index is 4.17. The number of aromatic nitrogens is 4. The molecule has 0 spiro atoms. The highest BCUT2D eigenvalue weighted by Crippen LogP contribution is 2.07. The SMILES string of the molecule is CC(CCn1cccn1)Nc1ccnn1C. The van der Waals surface area contributed by atoms with Crippen molar-refractivity contribution in [3.63, 3.8) is 0 Å². The second kappa shape index (κ2) is 4.83. The van der Waals surface area contributed by atoms with Crippen molar-refractivity contribution < 1.29 is 0 Å². The van der Waals surface area contributed by atoms with E-state index in [-0.39, 0.29) is 0 Å². The third-order valence-electron chi connectivity index (χ3n) is 2.57. The lowest BCUT2D eigenvalue weighted by Crippen LogP contribution is -2.19. The molecule has 0 aliphatic carbocycles. The van der Waals surface area contributed by atoms with Crippen LogP contribution in [0.5, 0.6) is 0 Å². The van der Waals surface area contributed by atoms with Crippen molar-refractivity contribution in [2.75, 3.05) is 5.32 Å². The van der Waals surface area contributed by atoms with Crippen LogP contribution in [0.25, 0.3) is 0 Å². The van der Waals surface area contributed by atoms with Crippen molar-refractivity contribution in [1.82, 2.24) is 19.6 Å². The smallest absolute Gasteiger partial charge is 0.124 e. The summed E-state index contributed by atoms with van der Waals surface area (Å²) in [6.07, 6.45) is 6.62. The van der Waals surface area contributed by atoms with Gasteiger partial charge in [-0.2, -0.15) is 10.2 Å². The van der Waals surface area contributed by atoms with Gasteiger partial charge in [0.15, 0.2) is 0 Å². The summed E-state index contributed by atoms with van der Waals surface area (Å²) in [5, 5.41) is 11.7. The Morgan fingerprint density at radius 1 is 1.38 bits per heavy atom. The zero-order valence-electron chi connectivity index (χ0n) is 9.67. The Kier molecular flexibility index (Phi) is 3.24. The van der Waals surface area contributed by atoms with Gasteiger partial charge in [-0.3, -0.25) is 9.36 Å². The highest BCUT2D eigenvalue weighted by molar-refractivity contribution is 5.34. The molecular weight excluding hydrogens is 202 g/mol. The Labute approximate surface area is 95.1 Å².